The van der Waals surface area contributed by atoms with E-state index in [2.05, 4.69) is 77.7 Å². The van der Waals surface area contributed by atoms with Crippen molar-refractivity contribution in [3.05, 3.63) is 64.6 Å². The molecule has 2 N–H and O–H groups in total. The van der Waals surface area contributed by atoms with Crippen LogP contribution in [0.1, 0.15) is 32.8 Å². The number of thiocarbonyl (C=S) groups is 1. The van der Waals surface area contributed by atoms with Crippen LogP contribution in [0.5, 0.6) is 0 Å². The van der Waals surface area contributed by atoms with Crippen molar-refractivity contribution in [3.63, 3.8) is 0 Å². The first-order chi connectivity index (χ1) is 10.9. The second-order valence-electron chi connectivity index (χ2n) is 6.46. The Morgan fingerprint density at radius 3 is 2.30 bits per heavy atom. The molecule has 4 heteroatoms. The van der Waals surface area contributed by atoms with Gasteiger partial charge >= 0.3 is 0 Å². The minimum atomic E-state index is 0.0981. The molecule has 0 aliphatic heterocycles. The van der Waals surface area contributed by atoms with Crippen LogP contribution in [0.25, 0.3) is 0 Å². The Balaban J connectivity index is 1.89. The lowest BCUT2D eigenvalue weighted by molar-refractivity contribution is 0.420. The van der Waals surface area contributed by atoms with Gasteiger partial charge in [0.05, 0.1) is 0 Å². The maximum absolute atomic E-state index is 5.42. The van der Waals surface area contributed by atoms with Crippen LogP contribution in [0.15, 0.2) is 59.1 Å². The van der Waals surface area contributed by atoms with E-state index in [9.17, 15) is 0 Å². The number of anilines is 1. The molecule has 2 rings (SSSR count). The predicted molar refractivity (Wildman–Crippen MR) is 107 cm³/mol. The van der Waals surface area contributed by atoms with Crippen LogP contribution in [0.2, 0.25) is 0 Å². The van der Waals surface area contributed by atoms with Gasteiger partial charge in [-0.05, 0) is 60.8 Å². The van der Waals surface area contributed by atoms with E-state index in [1.165, 1.54) is 5.56 Å². The highest BCUT2D eigenvalue weighted by atomic mass is 79.9. The first-order valence-corrected chi connectivity index (χ1v) is 8.95. The predicted octanol–water partition coefficient (Wildman–Crippen LogP) is 5.49. The van der Waals surface area contributed by atoms with Crippen LogP contribution >= 0.6 is 28.1 Å². The number of nitrogens with one attached hydrogen (secondary N) is 2. The number of benzene rings is 2. The van der Waals surface area contributed by atoms with Gasteiger partial charge in [0.15, 0.2) is 5.11 Å². The lowest BCUT2D eigenvalue weighted by Gasteiger charge is -2.29. The summed E-state index contributed by atoms with van der Waals surface area (Å²) in [5.74, 6) is 0. The molecule has 0 saturated carbocycles. The Labute approximate surface area is 152 Å². The van der Waals surface area contributed by atoms with Crippen molar-refractivity contribution in [2.45, 2.75) is 38.6 Å². The molecular formula is C19H23BrN2S. The second-order valence-corrected chi connectivity index (χ2v) is 7.78. The van der Waals surface area contributed by atoms with E-state index in [1.807, 2.05) is 24.3 Å². The molecule has 0 aliphatic carbocycles. The van der Waals surface area contributed by atoms with E-state index in [4.69, 9.17) is 12.2 Å². The monoisotopic (exact) mass is 390 g/mol. The normalized spacial score (nSPS) is 12.5. The Hall–Kier alpha value is -1.39. The molecule has 0 aromatic heterocycles. The van der Waals surface area contributed by atoms with Crippen LogP contribution in [0.3, 0.4) is 0 Å². The summed E-state index contributed by atoms with van der Waals surface area (Å²) < 4.78 is 1.06. The van der Waals surface area contributed by atoms with Gasteiger partial charge in [0.1, 0.15) is 0 Å². The Kier molecular flexibility index (Phi) is 6.19. The van der Waals surface area contributed by atoms with Crippen molar-refractivity contribution in [3.8, 4) is 0 Å². The van der Waals surface area contributed by atoms with Gasteiger partial charge in [0, 0.05) is 16.2 Å². The highest BCUT2D eigenvalue weighted by molar-refractivity contribution is 9.10. The van der Waals surface area contributed by atoms with Crippen molar-refractivity contribution < 1.29 is 0 Å². The molecule has 23 heavy (non-hydrogen) atoms. The molecule has 0 bridgehead atoms. The zero-order valence-corrected chi connectivity index (χ0v) is 16.2. The summed E-state index contributed by atoms with van der Waals surface area (Å²) in [5, 5.41) is 7.26. The van der Waals surface area contributed by atoms with E-state index in [-0.39, 0.29) is 11.5 Å². The zero-order valence-electron chi connectivity index (χ0n) is 13.8. The lowest BCUT2D eigenvalue weighted by Crippen LogP contribution is -2.39. The average molecular weight is 391 g/mol. The van der Waals surface area contributed by atoms with Crippen LogP contribution in [0, 0.1) is 0 Å². The average Bonchev–Trinajstić information content (AvgIpc) is 2.49. The SMILES string of the molecule is C[C@H](CC(C)(C)c1ccccc1)NC(=S)Nc1ccc(Br)cc1. The van der Waals surface area contributed by atoms with E-state index in [0.29, 0.717) is 5.11 Å². The summed E-state index contributed by atoms with van der Waals surface area (Å²) in [6, 6.07) is 18.9. The van der Waals surface area contributed by atoms with E-state index >= 15 is 0 Å². The number of halogens is 1. The molecule has 0 radical (unpaired) electrons. The van der Waals surface area contributed by atoms with Gasteiger partial charge in [-0.1, -0.05) is 60.1 Å². The quantitative estimate of drug-likeness (QED) is 0.659. The highest BCUT2D eigenvalue weighted by Crippen LogP contribution is 2.28. The Morgan fingerprint density at radius 1 is 1.09 bits per heavy atom. The summed E-state index contributed by atoms with van der Waals surface area (Å²) in [4.78, 5) is 0. The lowest BCUT2D eigenvalue weighted by atomic mass is 9.79. The number of hydrogen-bond acceptors (Lipinski definition) is 1. The van der Waals surface area contributed by atoms with E-state index in [0.717, 1.165) is 16.6 Å². The molecule has 0 saturated heterocycles. The second kappa shape index (κ2) is 7.93. The van der Waals surface area contributed by atoms with Gasteiger partial charge in [0.2, 0.25) is 0 Å². The van der Waals surface area contributed by atoms with Crippen LogP contribution in [-0.4, -0.2) is 11.2 Å². The van der Waals surface area contributed by atoms with Gasteiger partial charge in [0.25, 0.3) is 0 Å². The molecule has 2 aromatic carbocycles. The largest absolute Gasteiger partial charge is 0.360 e. The fraction of sp³-hybridized carbons (Fsp3) is 0.316. The molecule has 0 amide bonds. The summed E-state index contributed by atoms with van der Waals surface area (Å²) in [6.45, 7) is 6.71. The molecule has 0 aliphatic rings. The molecule has 1 atom stereocenters. The Morgan fingerprint density at radius 2 is 1.70 bits per heavy atom. The third kappa shape index (κ3) is 5.63. The molecule has 122 valence electrons. The first-order valence-electron chi connectivity index (χ1n) is 7.75. The molecular weight excluding hydrogens is 368 g/mol. The van der Waals surface area contributed by atoms with Crippen molar-refractivity contribution in [2.75, 3.05) is 5.32 Å². The van der Waals surface area contributed by atoms with Crippen molar-refractivity contribution in [2.24, 2.45) is 0 Å². The highest BCUT2D eigenvalue weighted by Gasteiger charge is 2.23. The van der Waals surface area contributed by atoms with Crippen molar-refractivity contribution >= 4 is 38.9 Å². The van der Waals surface area contributed by atoms with Gasteiger partial charge in [-0.15, -0.1) is 0 Å². The zero-order chi connectivity index (χ0) is 16.9. The van der Waals surface area contributed by atoms with E-state index in [1.54, 1.807) is 0 Å². The third-order valence-corrected chi connectivity index (χ3v) is 4.60. The third-order valence-electron chi connectivity index (χ3n) is 3.85. The molecule has 2 aromatic rings. The summed E-state index contributed by atoms with van der Waals surface area (Å²) >= 11 is 8.85. The van der Waals surface area contributed by atoms with Crippen molar-refractivity contribution in [1.29, 1.82) is 0 Å². The fourth-order valence-electron chi connectivity index (χ4n) is 2.75. The number of hydrogen-bond donors (Lipinski definition) is 2. The Bertz CT molecular complexity index is 638. The van der Waals surface area contributed by atoms with Gasteiger partial charge in [-0.2, -0.15) is 0 Å². The molecule has 2 nitrogen and oxygen atoms in total. The molecule has 0 spiro atoms. The maximum atomic E-state index is 5.42. The van der Waals surface area contributed by atoms with Crippen LogP contribution in [0.4, 0.5) is 5.69 Å². The van der Waals surface area contributed by atoms with Gasteiger partial charge in [-0.25, -0.2) is 0 Å². The van der Waals surface area contributed by atoms with Crippen LogP contribution in [-0.2, 0) is 5.41 Å². The summed E-state index contributed by atoms with van der Waals surface area (Å²) in [5.41, 5.74) is 2.43. The van der Waals surface area contributed by atoms with Gasteiger partial charge in [-0.3, -0.25) is 0 Å². The summed E-state index contributed by atoms with van der Waals surface area (Å²) in [6.07, 6.45) is 0.999. The maximum Gasteiger partial charge on any atom is 0.170 e. The molecule has 0 heterocycles. The van der Waals surface area contributed by atoms with Crippen LogP contribution < -0.4 is 10.6 Å². The van der Waals surface area contributed by atoms with E-state index < -0.39 is 0 Å². The minimum absolute atomic E-state index is 0.0981. The summed E-state index contributed by atoms with van der Waals surface area (Å²) in [7, 11) is 0. The minimum Gasteiger partial charge on any atom is -0.360 e. The topological polar surface area (TPSA) is 24.1 Å². The molecule has 0 unspecified atom stereocenters. The smallest absolute Gasteiger partial charge is 0.170 e. The fourth-order valence-corrected chi connectivity index (χ4v) is 3.33. The molecule has 0 fully saturated rings. The first kappa shape index (κ1) is 18.0. The standard InChI is InChI=1S/C19H23BrN2S/c1-14(13-19(2,3)15-7-5-4-6-8-15)21-18(23)22-17-11-9-16(20)10-12-17/h4-12,14H,13H2,1-3H3,(H2,21,22,23)/t14-/m1/s1. The van der Waals surface area contributed by atoms with Crippen molar-refractivity contribution in [1.82, 2.24) is 5.32 Å². The van der Waals surface area contributed by atoms with Gasteiger partial charge < -0.3 is 10.6 Å². The number of rotatable bonds is 5.